The van der Waals surface area contributed by atoms with E-state index in [2.05, 4.69) is 32.5 Å². The van der Waals surface area contributed by atoms with Crippen LogP contribution in [0.3, 0.4) is 0 Å². The first-order valence-electron chi connectivity index (χ1n) is 4.62. The minimum absolute atomic E-state index is 0.529. The quantitative estimate of drug-likeness (QED) is 0.937. The molecule has 80 valence electrons. The van der Waals surface area contributed by atoms with Gasteiger partial charge in [-0.3, -0.25) is 0 Å². The Kier molecular flexibility index (Phi) is 3.22. The lowest BCUT2D eigenvalue weighted by Gasteiger charge is -2.06. The maximum atomic E-state index is 8.93. The van der Waals surface area contributed by atoms with E-state index in [0.717, 1.165) is 15.9 Å². The Balaban J connectivity index is 2.15. The Hall–Kier alpha value is -1.80. The number of aromatic nitrogens is 1. The van der Waals surface area contributed by atoms with Gasteiger partial charge in [-0.05, 0) is 18.2 Å². The molecule has 0 saturated heterocycles. The van der Waals surface area contributed by atoms with E-state index >= 15 is 0 Å². The van der Waals surface area contributed by atoms with Crippen LogP contribution in [0.25, 0.3) is 0 Å². The van der Waals surface area contributed by atoms with E-state index in [4.69, 9.17) is 9.78 Å². The zero-order chi connectivity index (χ0) is 11.4. The molecule has 0 aliphatic carbocycles. The van der Waals surface area contributed by atoms with Crippen molar-refractivity contribution in [2.24, 2.45) is 0 Å². The maximum absolute atomic E-state index is 8.93. The molecule has 16 heavy (non-hydrogen) atoms. The highest BCUT2D eigenvalue weighted by atomic mass is 79.9. The van der Waals surface area contributed by atoms with Gasteiger partial charge in [0, 0.05) is 10.5 Å². The fourth-order valence-electron chi connectivity index (χ4n) is 1.27. The smallest absolute Gasteiger partial charge is 0.124 e. The van der Waals surface area contributed by atoms with Gasteiger partial charge in [-0.2, -0.15) is 5.26 Å². The molecule has 0 amide bonds. The first-order chi connectivity index (χ1) is 7.79. The van der Waals surface area contributed by atoms with Gasteiger partial charge in [0.15, 0.2) is 0 Å². The number of nitriles is 1. The van der Waals surface area contributed by atoms with E-state index in [1.807, 2.05) is 12.1 Å². The number of benzene rings is 1. The van der Waals surface area contributed by atoms with Crippen molar-refractivity contribution in [2.75, 3.05) is 5.32 Å². The second kappa shape index (κ2) is 4.81. The summed E-state index contributed by atoms with van der Waals surface area (Å²) in [6.07, 6.45) is 1.52. The molecule has 0 atom stereocenters. The van der Waals surface area contributed by atoms with Crippen molar-refractivity contribution >= 4 is 21.6 Å². The molecule has 0 saturated carbocycles. The number of anilines is 1. The fraction of sp³-hybridized carbons (Fsp3) is 0.0909. The standard InChI is InChI=1S/C11H8BrN3O/c12-9-2-1-8(6-13)11(5-9)14-7-10-3-4-16-15-10/h1-5,14H,7H2. The van der Waals surface area contributed by atoms with Crippen molar-refractivity contribution in [2.45, 2.75) is 6.54 Å². The molecule has 1 aromatic carbocycles. The van der Waals surface area contributed by atoms with Crippen molar-refractivity contribution in [1.29, 1.82) is 5.26 Å². The predicted octanol–water partition coefficient (Wildman–Crippen LogP) is 2.92. The molecule has 0 aliphatic rings. The van der Waals surface area contributed by atoms with Crippen LogP contribution in [-0.4, -0.2) is 5.16 Å². The van der Waals surface area contributed by atoms with Crippen LogP contribution < -0.4 is 5.32 Å². The monoisotopic (exact) mass is 277 g/mol. The number of halogens is 1. The van der Waals surface area contributed by atoms with E-state index in [1.165, 1.54) is 6.26 Å². The summed E-state index contributed by atoms with van der Waals surface area (Å²) < 4.78 is 5.64. The second-order valence-electron chi connectivity index (χ2n) is 3.15. The summed E-state index contributed by atoms with van der Waals surface area (Å²) in [6.45, 7) is 0.529. The third-order valence-corrected chi connectivity index (χ3v) is 2.55. The van der Waals surface area contributed by atoms with Gasteiger partial charge in [0.25, 0.3) is 0 Å². The first kappa shape index (κ1) is 10.7. The molecule has 1 aromatic heterocycles. The minimum Gasteiger partial charge on any atom is -0.378 e. The molecular weight excluding hydrogens is 270 g/mol. The van der Waals surface area contributed by atoms with Crippen LogP contribution in [0.5, 0.6) is 0 Å². The highest BCUT2D eigenvalue weighted by Crippen LogP contribution is 2.21. The van der Waals surface area contributed by atoms with Crippen molar-refractivity contribution in [3.8, 4) is 6.07 Å². The van der Waals surface area contributed by atoms with E-state index in [1.54, 1.807) is 12.1 Å². The van der Waals surface area contributed by atoms with E-state index in [-0.39, 0.29) is 0 Å². The molecule has 1 heterocycles. The van der Waals surface area contributed by atoms with Crippen molar-refractivity contribution < 1.29 is 4.52 Å². The SMILES string of the molecule is N#Cc1ccc(Br)cc1NCc1ccon1. The minimum atomic E-state index is 0.529. The number of hydrogen-bond donors (Lipinski definition) is 1. The average Bonchev–Trinajstić information content (AvgIpc) is 2.79. The summed E-state index contributed by atoms with van der Waals surface area (Å²) in [7, 11) is 0. The van der Waals surface area contributed by atoms with Crippen LogP contribution in [-0.2, 0) is 6.54 Å². The largest absolute Gasteiger partial charge is 0.378 e. The van der Waals surface area contributed by atoms with Gasteiger partial charge >= 0.3 is 0 Å². The Bertz CT molecular complexity index is 517. The van der Waals surface area contributed by atoms with E-state index in [9.17, 15) is 0 Å². The summed E-state index contributed by atoms with van der Waals surface area (Å²) in [6, 6.07) is 9.35. The topological polar surface area (TPSA) is 61.9 Å². The van der Waals surface area contributed by atoms with Crippen molar-refractivity contribution in [1.82, 2.24) is 5.16 Å². The van der Waals surface area contributed by atoms with Crippen molar-refractivity contribution in [3.05, 3.63) is 46.3 Å². The maximum Gasteiger partial charge on any atom is 0.124 e. The summed E-state index contributed by atoms with van der Waals surface area (Å²) in [5.74, 6) is 0. The summed E-state index contributed by atoms with van der Waals surface area (Å²) in [5.41, 5.74) is 2.18. The molecule has 2 aromatic rings. The number of hydrogen-bond acceptors (Lipinski definition) is 4. The molecule has 0 bridgehead atoms. The van der Waals surface area contributed by atoms with Gasteiger partial charge in [-0.25, -0.2) is 0 Å². The third-order valence-electron chi connectivity index (χ3n) is 2.05. The van der Waals surface area contributed by atoms with E-state index in [0.29, 0.717) is 12.1 Å². The van der Waals surface area contributed by atoms with Crippen molar-refractivity contribution in [3.63, 3.8) is 0 Å². The highest BCUT2D eigenvalue weighted by molar-refractivity contribution is 9.10. The molecule has 1 N–H and O–H groups in total. The predicted molar refractivity (Wildman–Crippen MR) is 62.7 cm³/mol. The van der Waals surface area contributed by atoms with Gasteiger partial charge in [0.1, 0.15) is 18.0 Å². The third kappa shape index (κ3) is 2.41. The number of nitrogens with one attached hydrogen (secondary N) is 1. The lowest BCUT2D eigenvalue weighted by atomic mass is 10.2. The van der Waals surface area contributed by atoms with Gasteiger partial charge < -0.3 is 9.84 Å². The summed E-state index contributed by atoms with van der Waals surface area (Å²) in [5, 5.41) is 15.8. The van der Waals surface area contributed by atoms with Gasteiger partial charge in [-0.1, -0.05) is 21.1 Å². The Morgan fingerprint density at radius 3 is 3.00 bits per heavy atom. The summed E-state index contributed by atoms with van der Waals surface area (Å²) >= 11 is 3.36. The molecule has 0 aliphatic heterocycles. The molecule has 0 radical (unpaired) electrons. The average molecular weight is 278 g/mol. The van der Waals surface area contributed by atoms with Crippen LogP contribution in [0.15, 0.2) is 39.5 Å². The Labute approximate surface area is 101 Å². The molecule has 0 spiro atoms. The molecule has 0 fully saturated rings. The van der Waals surface area contributed by atoms with Gasteiger partial charge in [0.2, 0.25) is 0 Å². The Morgan fingerprint density at radius 1 is 1.44 bits per heavy atom. The highest BCUT2D eigenvalue weighted by Gasteiger charge is 2.03. The van der Waals surface area contributed by atoms with Crippen LogP contribution in [0, 0.1) is 11.3 Å². The second-order valence-corrected chi connectivity index (χ2v) is 4.06. The number of rotatable bonds is 3. The number of nitrogens with zero attached hydrogens (tertiary/aromatic N) is 2. The van der Waals surface area contributed by atoms with Crippen LogP contribution >= 0.6 is 15.9 Å². The van der Waals surface area contributed by atoms with Gasteiger partial charge in [-0.15, -0.1) is 0 Å². The van der Waals surface area contributed by atoms with E-state index < -0.39 is 0 Å². The molecule has 0 unspecified atom stereocenters. The zero-order valence-electron chi connectivity index (χ0n) is 8.27. The lowest BCUT2D eigenvalue weighted by Crippen LogP contribution is -2.01. The molecule has 2 rings (SSSR count). The first-order valence-corrected chi connectivity index (χ1v) is 5.41. The molecule has 4 nitrogen and oxygen atoms in total. The van der Waals surface area contributed by atoms with Crippen LogP contribution in [0.1, 0.15) is 11.3 Å². The molecule has 5 heteroatoms. The van der Waals surface area contributed by atoms with Crippen LogP contribution in [0.2, 0.25) is 0 Å². The zero-order valence-corrected chi connectivity index (χ0v) is 9.86. The normalized spacial score (nSPS) is 9.75. The molecular formula is C11H8BrN3O. The van der Waals surface area contributed by atoms with Gasteiger partial charge in [0.05, 0.1) is 17.8 Å². The lowest BCUT2D eigenvalue weighted by molar-refractivity contribution is 0.412. The fourth-order valence-corrected chi connectivity index (χ4v) is 1.64. The summed E-state index contributed by atoms with van der Waals surface area (Å²) in [4.78, 5) is 0. The van der Waals surface area contributed by atoms with Crippen LogP contribution in [0.4, 0.5) is 5.69 Å². The Morgan fingerprint density at radius 2 is 2.31 bits per heavy atom.